The molecule has 1 heterocycles. The molecule has 0 radical (unpaired) electrons. The molecule has 0 saturated heterocycles. The van der Waals surface area contributed by atoms with Gasteiger partial charge >= 0.3 is 6.18 Å². The number of halogens is 4. The molecule has 0 spiro atoms. The maximum absolute atomic E-state index is 13.7. The van der Waals surface area contributed by atoms with Gasteiger partial charge in [-0.2, -0.15) is 13.2 Å². The molecular weight excluding hydrogens is 639 g/mol. The molecule has 0 bridgehead atoms. The molecule has 0 saturated carbocycles. The Bertz CT molecular complexity index is 1840. The number of pyridine rings is 1. The fraction of sp³-hybridized carbons (Fsp3) is 0.184. The van der Waals surface area contributed by atoms with E-state index in [0.717, 1.165) is 27.9 Å². The summed E-state index contributed by atoms with van der Waals surface area (Å²) in [7, 11) is 0. The monoisotopic (exact) mass is 671 g/mol. The first-order chi connectivity index (χ1) is 22.7. The zero-order valence-electron chi connectivity index (χ0n) is 25.8. The van der Waals surface area contributed by atoms with E-state index in [1.807, 2.05) is 84.9 Å². The van der Waals surface area contributed by atoms with E-state index in [1.54, 1.807) is 36.5 Å². The third-order valence-electron chi connectivity index (χ3n) is 8.32. The van der Waals surface area contributed by atoms with Crippen LogP contribution in [0.4, 0.5) is 18.9 Å². The maximum Gasteiger partial charge on any atom is 0.405 e. The van der Waals surface area contributed by atoms with Gasteiger partial charge in [0.2, 0.25) is 5.91 Å². The Kier molecular flexibility index (Phi) is 10.5. The van der Waals surface area contributed by atoms with Crippen molar-refractivity contribution in [1.29, 1.82) is 0 Å². The number of carbonyl (C=O) groups excluding carboxylic acids is 2. The summed E-state index contributed by atoms with van der Waals surface area (Å²) in [6.45, 7) is -1.39. The summed E-state index contributed by atoms with van der Waals surface area (Å²) < 4.78 is 45.4. The molecule has 0 atom stereocenters. The van der Waals surface area contributed by atoms with E-state index in [0.29, 0.717) is 48.4 Å². The molecular formula is C38H33ClF3N3O3. The van der Waals surface area contributed by atoms with E-state index < -0.39 is 24.0 Å². The molecule has 4 aromatic carbocycles. The third-order valence-corrected chi connectivity index (χ3v) is 8.32. The summed E-state index contributed by atoms with van der Waals surface area (Å²) >= 11 is 0. The van der Waals surface area contributed by atoms with Gasteiger partial charge in [-0.15, -0.1) is 12.4 Å². The Balaban J connectivity index is 0.00000451. The summed E-state index contributed by atoms with van der Waals surface area (Å²) in [4.78, 5) is 31.3. The number of aromatic nitrogens is 1. The topological polar surface area (TPSA) is 80.3 Å². The number of para-hydroxylation sites is 2. The summed E-state index contributed by atoms with van der Waals surface area (Å²) in [5, 5.41) is 5.04. The number of nitrogens with one attached hydrogen (secondary N) is 2. The van der Waals surface area contributed by atoms with Crippen LogP contribution in [-0.4, -0.2) is 29.5 Å². The molecule has 10 heteroatoms. The lowest BCUT2D eigenvalue weighted by molar-refractivity contribution is -0.141. The van der Waals surface area contributed by atoms with Crippen LogP contribution in [0.3, 0.4) is 0 Å². The molecule has 0 aliphatic heterocycles. The number of amides is 2. The highest BCUT2D eigenvalue weighted by Crippen LogP contribution is 2.51. The van der Waals surface area contributed by atoms with Crippen LogP contribution in [0.2, 0.25) is 0 Å². The number of aryl methyl sites for hydroxylation is 1. The van der Waals surface area contributed by atoms with Crippen LogP contribution in [0.15, 0.2) is 121 Å². The summed E-state index contributed by atoms with van der Waals surface area (Å²) in [5.74, 6) is 0.0598. The van der Waals surface area contributed by atoms with E-state index in [9.17, 15) is 22.8 Å². The molecule has 0 unspecified atom stereocenters. The third kappa shape index (κ3) is 7.37. The molecule has 246 valence electrons. The normalized spacial score (nSPS) is 12.6. The second kappa shape index (κ2) is 14.7. The summed E-state index contributed by atoms with van der Waals surface area (Å²) in [6.07, 6.45) is -0.786. The Morgan fingerprint density at radius 3 is 2.02 bits per heavy atom. The van der Waals surface area contributed by atoms with Crippen molar-refractivity contribution in [3.63, 3.8) is 0 Å². The van der Waals surface area contributed by atoms with Gasteiger partial charge in [-0.1, -0.05) is 85.3 Å². The van der Waals surface area contributed by atoms with Crippen LogP contribution >= 0.6 is 12.4 Å². The van der Waals surface area contributed by atoms with Gasteiger partial charge in [0.1, 0.15) is 23.5 Å². The summed E-state index contributed by atoms with van der Waals surface area (Å²) in [5.41, 5.74) is 3.61. The molecule has 2 amide bonds. The highest BCUT2D eigenvalue weighted by atomic mass is 35.5. The van der Waals surface area contributed by atoms with Crippen molar-refractivity contribution in [1.82, 2.24) is 10.3 Å². The SMILES string of the molecule is Cl.O=C(Nc1ccc(CCCCC2(C(=O)NCC(F)(F)F)c3ccccc3-c3ccccc32)nc1)c1ccccc1Oc1ccccc1. The summed E-state index contributed by atoms with van der Waals surface area (Å²) in [6, 6.07) is 34.7. The Morgan fingerprint density at radius 1 is 0.750 bits per heavy atom. The minimum atomic E-state index is -4.52. The van der Waals surface area contributed by atoms with E-state index in [-0.39, 0.29) is 18.3 Å². The largest absolute Gasteiger partial charge is 0.457 e. The number of carbonyl (C=O) groups is 2. The molecule has 6 nitrogen and oxygen atoms in total. The van der Waals surface area contributed by atoms with Crippen molar-refractivity contribution < 1.29 is 27.5 Å². The van der Waals surface area contributed by atoms with Crippen LogP contribution < -0.4 is 15.4 Å². The van der Waals surface area contributed by atoms with Gasteiger partial charge in [0.15, 0.2) is 0 Å². The van der Waals surface area contributed by atoms with Gasteiger partial charge in [0.05, 0.1) is 17.4 Å². The van der Waals surface area contributed by atoms with E-state index in [4.69, 9.17) is 4.74 Å². The van der Waals surface area contributed by atoms with E-state index in [1.165, 1.54) is 0 Å². The fourth-order valence-corrected chi connectivity index (χ4v) is 6.18. The highest BCUT2D eigenvalue weighted by Gasteiger charge is 2.49. The van der Waals surface area contributed by atoms with Crippen LogP contribution in [0.5, 0.6) is 11.5 Å². The van der Waals surface area contributed by atoms with Gasteiger partial charge in [0, 0.05) is 5.69 Å². The number of ether oxygens (including phenoxy) is 1. The smallest absolute Gasteiger partial charge is 0.405 e. The standard InChI is InChI=1S/C38H32F3N3O3.ClH/c39-38(40,41)25-43-36(46)37(32-18-7-4-15-29(32)30-16-5-8-19-33(30)37)23-11-10-12-26-21-22-27(24-42-26)44-35(45)31-17-6-9-20-34(31)47-28-13-2-1-3-14-28;/h1-9,13-22,24H,10-12,23,25H2,(H,43,46)(H,44,45);1H. The van der Waals surface area contributed by atoms with Gasteiger partial charge in [0.25, 0.3) is 5.91 Å². The number of benzene rings is 4. The lowest BCUT2D eigenvalue weighted by atomic mass is 9.73. The number of unbranched alkanes of at least 4 members (excludes halogenated alkanes) is 1. The highest BCUT2D eigenvalue weighted by molar-refractivity contribution is 6.06. The predicted molar refractivity (Wildman–Crippen MR) is 182 cm³/mol. The number of rotatable bonds is 11. The minimum Gasteiger partial charge on any atom is -0.457 e. The number of alkyl halides is 3. The first kappa shape index (κ1) is 34.2. The van der Waals surface area contributed by atoms with Crippen molar-refractivity contribution in [2.45, 2.75) is 37.3 Å². The number of hydrogen-bond donors (Lipinski definition) is 2. The van der Waals surface area contributed by atoms with Crippen molar-refractivity contribution in [3.05, 3.63) is 144 Å². The van der Waals surface area contributed by atoms with Gasteiger partial charge in [-0.05, 0) is 77.9 Å². The van der Waals surface area contributed by atoms with Crippen molar-refractivity contribution >= 4 is 29.9 Å². The maximum atomic E-state index is 13.7. The molecule has 1 aromatic heterocycles. The average molecular weight is 672 g/mol. The zero-order chi connectivity index (χ0) is 32.9. The van der Waals surface area contributed by atoms with Crippen molar-refractivity contribution in [3.8, 4) is 22.6 Å². The van der Waals surface area contributed by atoms with Crippen molar-refractivity contribution in [2.24, 2.45) is 0 Å². The number of hydrogen-bond acceptors (Lipinski definition) is 4. The Hall–Kier alpha value is -5.15. The van der Waals surface area contributed by atoms with Crippen LogP contribution in [0.1, 0.15) is 46.4 Å². The lowest BCUT2D eigenvalue weighted by Gasteiger charge is -2.31. The molecule has 2 N–H and O–H groups in total. The molecule has 48 heavy (non-hydrogen) atoms. The lowest BCUT2D eigenvalue weighted by Crippen LogP contribution is -2.47. The van der Waals surface area contributed by atoms with Gasteiger partial charge in [-0.3, -0.25) is 14.6 Å². The Labute approximate surface area is 282 Å². The van der Waals surface area contributed by atoms with Crippen LogP contribution in [-0.2, 0) is 16.6 Å². The molecule has 5 aromatic rings. The molecule has 6 rings (SSSR count). The molecule has 1 aliphatic carbocycles. The average Bonchev–Trinajstić information content (AvgIpc) is 3.37. The molecule has 1 aliphatic rings. The number of nitrogens with zero attached hydrogens (tertiary/aromatic N) is 1. The quantitative estimate of drug-likeness (QED) is 0.138. The zero-order valence-corrected chi connectivity index (χ0v) is 26.6. The first-order valence-corrected chi connectivity index (χ1v) is 15.4. The minimum absolute atomic E-state index is 0. The first-order valence-electron chi connectivity index (χ1n) is 15.4. The fourth-order valence-electron chi connectivity index (χ4n) is 6.18. The van der Waals surface area contributed by atoms with E-state index in [2.05, 4.69) is 15.6 Å². The van der Waals surface area contributed by atoms with Crippen LogP contribution in [0, 0.1) is 0 Å². The number of fused-ring (bicyclic) bond motifs is 3. The second-order valence-electron chi connectivity index (χ2n) is 11.4. The van der Waals surface area contributed by atoms with Gasteiger partial charge in [-0.25, -0.2) is 0 Å². The second-order valence-corrected chi connectivity index (χ2v) is 11.4. The molecule has 0 fully saturated rings. The van der Waals surface area contributed by atoms with Crippen molar-refractivity contribution in [2.75, 3.05) is 11.9 Å². The van der Waals surface area contributed by atoms with Crippen LogP contribution in [0.25, 0.3) is 11.1 Å². The Morgan fingerprint density at radius 2 is 1.38 bits per heavy atom. The van der Waals surface area contributed by atoms with E-state index >= 15 is 0 Å². The number of anilines is 1. The van der Waals surface area contributed by atoms with Gasteiger partial charge < -0.3 is 15.4 Å². The predicted octanol–water partition coefficient (Wildman–Crippen LogP) is 8.91.